The summed E-state index contributed by atoms with van der Waals surface area (Å²) in [5, 5.41) is 0. The molecule has 0 aromatic heterocycles. The lowest BCUT2D eigenvalue weighted by atomic mass is 9.97. The molecule has 0 radical (unpaired) electrons. The van der Waals surface area contributed by atoms with Crippen LogP contribution in [0.4, 0.5) is 0 Å². The first-order chi connectivity index (χ1) is 10.7. The van der Waals surface area contributed by atoms with Gasteiger partial charge in [-0.05, 0) is 45.2 Å². The molecule has 0 saturated carbocycles. The van der Waals surface area contributed by atoms with Crippen LogP contribution in [-0.4, -0.2) is 43.5 Å². The lowest BCUT2D eigenvalue weighted by molar-refractivity contribution is 0.0957. The van der Waals surface area contributed by atoms with Gasteiger partial charge in [0.2, 0.25) is 0 Å². The van der Waals surface area contributed by atoms with E-state index in [0.29, 0.717) is 35.8 Å². The Morgan fingerprint density at radius 1 is 1.27 bits per heavy atom. The van der Waals surface area contributed by atoms with Gasteiger partial charge in [-0.2, -0.15) is 0 Å². The molecule has 1 fully saturated rings. The van der Waals surface area contributed by atoms with Gasteiger partial charge in [-0.25, -0.2) is 0 Å². The van der Waals surface area contributed by atoms with Crippen molar-refractivity contribution >= 4 is 6.29 Å². The van der Waals surface area contributed by atoms with Crippen LogP contribution in [0.15, 0.2) is 18.2 Å². The number of methoxy groups -OCH3 is 1. The molecule has 1 heterocycles. The van der Waals surface area contributed by atoms with Crippen molar-refractivity contribution in [2.75, 3.05) is 20.3 Å². The zero-order valence-electron chi connectivity index (χ0n) is 13.9. The third-order valence-corrected chi connectivity index (χ3v) is 4.54. The second kappa shape index (κ2) is 8.18. The Balaban J connectivity index is 1.87. The molecular weight excluding hydrogens is 278 g/mol. The average molecular weight is 305 g/mol. The Labute approximate surface area is 133 Å². The SMILES string of the molecule is COc1cccc(C=O)c1OCCCN1[C@H](C)CCC[C@H]1C. The van der Waals surface area contributed by atoms with Gasteiger partial charge in [-0.3, -0.25) is 9.69 Å². The summed E-state index contributed by atoms with van der Waals surface area (Å²) >= 11 is 0. The van der Waals surface area contributed by atoms with Crippen LogP contribution in [0.3, 0.4) is 0 Å². The first kappa shape index (κ1) is 16.8. The fraction of sp³-hybridized carbons (Fsp3) is 0.611. The fourth-order valence-corrected chi connectivity index (χ4v) is 3.28. The molecule has 1 aliphatic rings. The van der Waals surface area contributed by atoms with Crippen molar-refractivity contribution in [1.29, 1.82) is 0 Å². The highest BCUT2D eigenvalue weighted by molar-refractivity contribution is 5.81. The Kier molecular flexibility index (Phi) is 6.25. The number of ether oxygens (including phenoxy) is 2. The highest BCUT2D eigenvalue weighted by atomic mass is 16.5. The van der Waals surface area contributed by atoms with Gasteiger partial charge in [0.05, 0.1) is 19.3 Å². The molecule has 4 heteroatoms. The molecule has 4 nitrogen and oxygen atoms in total. The minimum atomic E-state index is 0.541. The molecule has 0 spiro atoms. The normalized spacial score (nSPS) is 22.3. The van der Waals surface area contributed by atoms with E-state index < -0.39 is 0 Å². The number of carbonyl (C=O) groups is 1. The van der Waals surface area contributed by atoms with Crippen LogP contribution in [0.25, 0.3) is 0 Å². The molecule has 1 aromatic carbocycles. The zero-order valence-corrected chi connectivity index (χ0v) is 13.9. The molecule has 0 amide bonds. The van der Waals surface area contributed by atoms with Crippen LogP contribution >= 0.6 is 0 Å². The Bertz CT molecular complexity index is 479. The molecule has 0 bridgehead atoms. The summed E-state index contributed by atoms with van der Waals surface area (Å²) in [7, 11) is 1.59. The van der Waals surface area contributed by atoms with Gasteiger partial charge >= 0.3 is 0 Å². The van der Waals surface area contributed by atoms with Gasteiger partial charge in [0.15, 0.2) is 17.8 Å². The maximum absolute atomic E-state index is 11.1. The maximum atomic E-state index is 11.1. The number of hydrogen-bond donors (Lipinski definition) is 0. The maximum Gasteiger partial charge on any atom is 0.171 e. The molecule has 122 valence electrons. The number of carbonyl (C=O) groups excluding carboxylic acids is 1. The smallest absolute Gasteiger partial charge is 0.171 e. The molecule has 2 atom stereocenters. The van der Waals surface area contributed by atoms with E-state index in [9.17, 15) is 4.79 Å². The molecule has 1 aromatic rings. The van der Waals surface area contributed by atoms with Crippen molar-refractivity contribution in [3.05, 3.63) is 23.8 Å². The second-order valence-corrected chi connectivity index (χ2v) is 6.07. The highest BCUT2D eigenvalue weighted by Gasteiger charge is 2.23. The number of aldehydes is 1. The number of benzene rings is 1. The Hall–Kier alpha value is -1.55. The van der Waals surface area contributed by atoms with Crippen LogP contribution in [0.5, 0.6) is 11.5 Å². The topological polar surface area (TPSA) is 38.8 Å². The fourth-order valence-electron chi connectivity index (χ4n) is 3.28. The Morgan fingerprint density at radius 3 is 2.64 bits per heavy atom. The van der Waals surface area contributed by atoms with E-state index in [2.05, 4.69) is 18.7 Å². The summed E-state index contributed by atoms with van der Waals surface area (Å²) in [4.78, 5) is 13.7. The van der Waals surface area contributed by atoms with Gasteiger partial charge in [0.25, 0.3) is 0 Å². The van der Waals surface area contributed by atoms with Crippen LogP contribution in [-0.2, 0) is 0 Å². The zero-order chi connectivity index (χ0) is 15.9. The van der Waals surface area contributed by atoms with Gasteiger partial charge in [0, 0.05) is 18.6 Å². The Morgan fingerprint density at radius 2 is 2.00 bits per heavy atom. The molecule has 22 heavy (non-hydrogen) atoms. The van der Waals surface area contributed by atoms with Crippen molar-refractivity contribution in [2.24, 2.45) is 0 Å². The molecule has 2 rings (SSSR count). The average Bonchev–Trinajstić information content (AvgIpc) is 2.53. The number of rotatable bonds is 7. The van der Waals surface area contributed by atoms with Crippen LogP contribution in [0.2, 0.25) is 0 Å². The van der Waals surface area contributed by atoms with Gasteiger partial charge < -0.3 is 9.47 Å². The van der Waals surface area contributed by atoms with E-state index in [1.807, 2.05) is 6.07 Å². The van der Waals surface area contributed by atoms with Gasteiger partial charge in [-0.15, -0.1) is 0 Å². The molecule has 0 unspecified atom stereocenters. The van der Waals surface area contributed by atoms with Crippen molar-refractivity contribution < 1.29 is 14.3 Å². The molecule has 1 aliphatic heterocycles. The standard InChI is InChI=1S/C18H27NO3/c1-14-7-4-8-15(2)19(14)11-6-12-22-18-16(13-20)9-5-10-17(18)21-3/h5,9-10,13-15H,4,6-8,11-12H2,1-3H3/t14-,15-/m1/s1. The summed E-state index contributed by atoms with van der Waals surface area (Å²) in [6.45, 7) is 6.24. The van der Waals surface area contributed by atoms with Crippen molar-refractivity contribution in [3.8, 4) is 11.5 Å². The molecular formula is C18H27NO3. The summed E-state index contributed by atoms with van der Waals surface area (Å²) in [6.07, 6.45) is 5.66. The van der Waals surface area contributed by atoms with Crippen molar-refractivity contribution in [3.63, 3.8) is 0 Å². The third kappa shape index (κ3) is 4.01. The summed E-state index contributed by atoms with van der Waals surface area (Å²) in [5.74, 6) is 1.17. The van der Waals surface area contributed by atoms with E-state index in [0.717, 1.165) is 19.3 Å². The number of piperidine rings is 1. The number of para-hydroxylation sites is 1. The molecule has 1 saturated heterocycles. The predicted molar refractivity (Wildman–Crippen MR) is 88.0 cm³/mol. The quantitative estimate of drug-likeness (QED) is 0.570. The second-order valence-electron chi connectivity index (χ2n) is 6.07. The molecule has 0 N–H and O–H groups in total. The van der Waals surface area contributed by atoms with Crippen LogP contribution < -0.4 is 9.47 Å². The first-order valence-electron chi connectivity index (χ1n) is 8.18. The van der Waals surface area contributed by atoms with Crippen molar-refractivity contribution in [2.45, 2.75) is 51.6 Å². The monoisotopic (exact) mass is 305 g/mol. The number of nitrogens with zero attached hydrogens (tertiary/aromatic N) is 1. The van der Waals surface area contributed by atoms with Crippen molar-refractivity contribution in [1.82, 2.24) is 4.90 Å². The lowest BCUT2D eigenvalue weighted by Crippen LogP contribution is -2.44. The van der Waals surface area contributed by atoms with E-state index in [4.69, 9.17) is 9.47 Å². The van der Waals surface area contributed by atoms with E-state index in [1.54, 1.807) is 19.2 Å². The largest absolute Gasteiger partial charge is 0.493 e. The number of hydrogen-bond acceptors (Lipinski definition) is 4. The first-order valence-corrected chi connectivity index (χ1v) is 8.18. The lowest BCUT2D eigenvalue weighted by Gasteiger charge is -2.39. The van der Waals surface area contributed by atoms with E-state index in [1.165, 1.54) is 19.3 Å². The third-order valence-electron chi connectivity index (χ3n) is 4.54. The highest BCUT2D eigenvalue weighted by Crippen LogP contribution is 2.30. The summed E-state index contributed by atoms with van der Waals surface area (Å²) in [6, 6.07) is 6.67. The van der Waals surface area contributed by atoms with E-state index >= 15 is 0 Å². The van der Waals surface area contributed by atoms with Crippen LogP contribution in [0.1, 0.15) is 49.9 Å². The van der Waals surface area contributed by atoms with Crippen LogP contribution in [0, 0.1) is 0 Å². The van der Waals surface area contributed by atoms with Gasteiger partial charge in [0.1, 0.15) is 0 Å². The predicted octanol–water partition coefficient (Wildman–Crippen LogP) is 3.54. The number of likely N-dealkylation sites (tertiary alicyclic amines) is 1. The minimum Gasteiger partial charge on any atom is -0.493 e. The minimum absolute atomic E-state index is 0.541. The summed E-state index contributed by atoms with van der Waals surface area (Å²) in [5.41, 5.74) is 0.541. The van der Waals surface area contributed by atoms with E-state index in [-0.39, 0.29) is 0 Å². The molecule has 0 aliphatic carbocycles. The van der Waals surface area contributed by atoms with Gasteiger partial charge in [-0.1, -0.05) is 12.5 Å². The summed E-state index contributed by atoms with van der Waals surface area (Å²) < 4.78 is 11.1.